The Balaban J connectivity index is 1.78. The van der Waals surface area contributed by atoms with Gasteiger partial charge in [-0.3, -0.25) is 4.79 Å². The zero-order chi connectivity index (χ0) is 21.3. The lowest BCUT2D eigenvalue weighted by molar-refractivity contribution is 0.0981. The summed E-state index contributed by atoms with van der Waals surface area (Å²) >= 11 is 6.20. The molecule has 30 heavy (non-hydrogen) atoms. The molecule has 1 amide bonds. The second-order valence-electron chi connectivity index (χ2n) is 6.85. The van der Waals surface area contributed by atoms with Gasteiger partial charge < -0.3 is 9.64 Å². The molecule has 0 saturated heterocycles. The first-order valence-corrected chi connectivity index (χ1v) is 9.74. The Morgan fingerprint density at radius 1 is 1.10 bits per heavy atom. The standard InChI is InChI=1S/C22H20ClN5O2/c1-14-11-15(2)28-22(24-14)25-20(26-28)13-27(17-8-6-7-16(23)12-17)21(29)18-9-4-5-10-19(18)30-3/h4-12H,13H2,1-3H3. The number of aromatic nitrogens is 4. The normalized spacial score (nSPS) is 10.9. The molecule has 0 spiro atoms. The van der Waals surface area contributed by atoms with Gasteiger partial charge in [0.15, 0.2) is 5.82 Å². The molecule has 0 N–H and O–H groups in total. The molecule has 8 heteroatoms. The Morgan fingerprint density at radius 2 is 1.90 bits per heavy atom. The van der Waals surface area contributed by atoms with Crippen LogP contribution in [-0.2, 0) is 6.54 Å². The first kappa shape index (κ1) is 19.8. The molecule has 0 unspecified atom stereocenters. The van der Waals surface area contributed by atoms with Crippen LogP contribution in [0, 0.1) is 13.8 Å². The molecule has 0 saturated carbocycles. The van der Waals surface area contributed by atoms with Crippen LogP contribution in [0.25, 0.3) is 5.78 Å². The fourth-order valence-electron chi connectivity index (χ4n) is 3.31. The number of aryl methyl sites for hydroxylation is 2. The van der Waals surface area contributed by atoms with Gasteiger partial charge in [0.05, 0.1) is 19.2 Å². The number of methoxy groups -OCH3 is 1. The average Bonchev–Trinajstić information content (AvgIpc) is 3.14. The quantitative estimate of drug-likeness (QED) is 0.481. The lowest BCUT2D eigenvalue weighted by atomic mass is 10.1. The van der Waals surface area contributed by atoms with Gasteiger partial charge in [0, 0.05) is 22.1 Å². The number of para-hydroxylation sites is 1. The van der Waals surface area contributed by atoms with Gasteiger partial charge in [0.1, 0.15) is 5.75 Å². The van der Waals surface area contributed by atoms with E-state index in [0.29, 0.717) is 33.6 Å². The fraction of sp³-hybridized carbons (Fsp3) is 0.182. The number of fused-ring (bicyclic) bond motifs is 1. The third kappa shape index (κ3) is 3.84. The summed E-state index contributed by atoms with van der Waals surface area (Å²) in [6, 6.07) is 16.1. The molecule has 0 aliphatic carbocycles. The second-order valence-corrected chi connectivity index (χ2v) is 7.29. The molecule has 2 aromatic carbocycles. The van der Waals surface area contributed by atoms with E-state index < -0.39 is 0 Å². The summed E-state index contributed by atoms with van der Waals surface area (Å²) in [7, 11) is 1.54. The maximum atomic E-state index is 13.5. The third-order valence-electron chi connectivity index (χ3n) is 4.66. The van der Waals surface area contributed by atoms with Crippen molar-refractivity contribution in [1.29, 1.82) is 0 Å². The number of carbonyl (C=O) groups is 1. The zero-order valence-electron chi connectivity index (χ0n) is 16.8. The molecular formula is C22H20ClN5O2. The average molecular weight is 422 g/mol. The Labute approximate surface area is 178 Å². The number of benzene rings is 2. The summed E-state index contributed by atoms with van der Waals surface area (Å²) in [6.45, 7) is 4.00. The minimum Gasteiger partial charge on any atom is -0.496 e. The number of hydrogen-bond acceptors (Lipinski definition) is 5. The molecule has 0 atom stereocenters. The number of amides is 1. The maximum Gasteiger partial charge on any atom is 0.262 e. The van der Waals surface area contributed by atoms with Crippen molar-refractivity contribution in [2.24, 2.45) is 0 Å². The molecule has 152 valence electrons. The van der Waals surface area contributed by atoms with Crippen LogP contribution in [0.5, 0.6) is 5.75 Å². The molecule has 4 aromatic rings. The molecule has 2 heterocycles. The van der Waals surface area contributed by atoms with Gasteiger partial charge in [-0.25, -0.2) is 9.50 Å². The molecular weight excluding hydrogens is 402 g/mol. The smallest absolute Gasteiger partial charge is 0.262 e. The summed E-state index contributed by atoms with van der Waals surface area (Å²) in [6.07, 6.45) is 0. The van der Waals surface area contributed by atoms with E-state index in [1.165, 1.54) is 7.11 Å². The second kappa shape index (κ2) is 8.12. The number of hydrogen-bond donors (Lipinski definition) is 0. The van der Waals surface area contributed by atoms with Crippen LogP contribution in [0.4, 0.5) is 5.69 Å². The first-order chi connectivity index (χ1) is 14.5. The van der Waals surface area contributed by atoms with Crippen LogP contribution in [0.2, 0.25) is 5.02 Å². The zero-order valence-corrected chi connectivity index (χ0v) is 17.6. The van der Waals surface area contributed by atoms with Crippen LogP contribution in [-0.4, -0.2) is 32.6 Å². The van der Waals surface area contributed by atoms with Crippen molar-refractivity contribution >= 4 is 29.0 Å². The van der Waals surface area contributed by atoms with Crippen molar-refractivity contribution in [3.05, 3.63) is 82.4 Å². The lowest BCUT2D eigenvalue weighted by Crippen LogP contribution is -2.31. The van der Waals surface area contributed by atoms with E-state index in [1.54, 1.807) is 45.8 Å². The summed E-state index contributed by atoms with van der Waals surface area (Å²) in [5.41, 5.74) is 2.85. The molecule has 0 aliphatic rings. The number of carbonyl (C=O) groups excluding carboxylic acids is 1. The minimum absolute atomic E-state index is 0.152. The minimum atomic E-state index is -0.241. The van der Waals surface area contributed by atoms with Crippen LogP contribution in [0.1, 0.15) is 27.6 Å². The summed E-state index contributed by atoms with van der Waals surface area (Å²) in [5, 5.41) is 5.07. The lowest BCUT2D eigenvalue weighted by Gasteiger charge is -2.22. The number of ether oxygens (including phenoxy) is 1. The molecule has 0 aliphatic heterocycles. The molecule has 2 aromatic heterocycles. The third-order valence-corrected chi connectivity index (χ3v) is 4.90. The van der Waals surface area contributed by atoms with Gasteiger partial charge in [0.2, 0.25) is 0 Å². The van der Waals surface area contributed by atoms with Crippen molar-refractivity contribution in [3.8, 4) is 5.75 Å². The van der Waals surface area contributed by atoms with E-state index >= 15 is 0 Å². The number of rotatable bonds is 5. The predicted molar refractivity (Wildman–Crippen MR) is 115 cm³/mol. The highest BCUT2D eigenvalue weighted by Crippen LogP contribution is 2.26. The van der Waals surface area contributed by atoms with Crippen molar-refractivity contribution in [2.45, 2.75) is 20.4 Å². The van der Waals surface area contributed by atoms with Gasteiger partial charge in [-0.05, 0) is 50.2 Å². The monoisotopic (exact) mass is 421 g/mol. The highest BCUT2D eigenvalue weighted by Gasteiger charge is 2.23. The van der Waals surface area contributed by atoms with Crippen molar-refractivity contribution in [3.63, 3.8) is 0 Å². The largest absolute Gasteiger partial charge is 0.496 e. The molecule has 0 bridgehead atoms. The van der Waals surface area contributed by atoms with Crippen molar-refractivity contribution in [2.75, 3.05) is 12.0 Å². The van der Waals surface area contributed by atoms with E-state index in [4.69, 9.17) is 16.3 Å². The van der Waals surface area contributed by atoms with Crippen LogP contribution >= 0.6 is 11.6 Å². The highest BCUT2D eigenvalue weighted by atomic mass is 35.5. The Bertz CT molecular complexity index is 1240. The highest BCUT2D eigenvalue weighted by molar-refractivity contribution is 6.31. The Hall–Kier alpha value is -3.45. The molecule has 4 rings (SSSR count). The molecule has 0 radical (unpaired) electrons. The topological polar surface area (TPSA) is 72.6 Å². The number of nitrogens with zero attached hydrogens (tertiary/aromatic N) is 5. The van der Waals surface area contributed by atoms with Gasteiger partial charge in [-0.1, -0.05) is 29.8 Å². The predicted octanol–water partition coefficient (Wildman–Crippen LogP) is 4.25. The van der Waals surface area contributed by atoms with Gasteiger partial charge in [-0.15, -0.1) is 5.10 Å². The van der Waals surface area contributed by atoms with Crippen LogP contribution in [0.15, 0.2) is 54.6 Å². The SMILES string of the molecule is COc1ccccc1C(=O)N(Cc1nc2nc(C)cc(C)n2n1)c1cccc(Cl)c1. The van der Waals surface area contributed by atoms with Crippen molar-refractivity contribution < 1.29 is 9.53 Å². The fourth-order valence-corrected chi connectivity index (χ4v) is 3.49. The van der Waals surface area contributed by atoms with E-state index in [1.807, 2.05) is 32.0 Å². The van der Waals surface area contributed by atoms with E-state index in [-0.39, 0.29) is 12.5 Å². The van der Waals surface area contributed by atoms with E-state index in [0.717, 1.165) is 11.4 Å². The van der Waals surface area contributed by atoms with Gasteiger partial charge in [-0.2, -0.15) is 4.98 Å². The first-order valence-electron chi connectivity index (χ1n) is 9.36. The van der Waals surface area contributed by atoms with E-state index in [9.17, 15) is 4.79 Å². The Kier molecular flexibility index (Phi) is 5.37. The Morgan fingerprint density at radius 3 is 2.67 bits per heavy atom. The van der Waals surface area contributed by atoms with Crippen LogP contribution < -0.4 is 9.64 Å². The number of anilines is 1. The number of halogens is 1. The van der Waals surface area contributed by atoms with Crippen molar-refractivity contribution in [1.82, 2.24) is 19.6 Å². The molecule has 7 nitrogen and oxygen atoms in total. The van der Waals surface area contributed by atoms with E-state index in [2.05, 4.69) is 15.1 Å². The van der Waals surface area contributed by atoms with Crippen LogP contribution in [0.3, 0.4) is 0 Å². The van der Waals surface area contributed by atoms with Gasteiger partial charge in [0.25, 0.3) is 11.7 Å². The maximum absolute atomic E-state index is 13.5. The summed E-state index contributed by atoms with van der Waals surface area (Å²) < 4.78 is 7.06. The van der Waals surface area contributed by atoms with Gasteiger partial charge >= 0.3 is 0 Å². The summed E-state index contributed by atoms with van der Waals surface area (Å²) in [4.78, 5) is 24.0. The summed E-state index contributed by atoms with van der Waals surface area (Å²) in [5.74, 6) is 1.22. The molecule has 0 fully saturated rings.